The minimum absolute atomic E-state index is 0.119. The first-order valence-corrected chi connectivity index (χ1v) is 10.9. The summed E-state index contributed by atoms with van der Waals surface area (Å²) in [6.07, 6.45) is 4.68. The fourth-order valence-electron chi connectivity index (χ4n) is 2.02. The standard InChI is InChI=1S/C16H27N5O4S2/c1-3-13(24-2)21-11-12(14(18)20-15(21)22)5-4-7-19-16(23)25-8-10-27-26-9-6-17/h4-5,11,13H,3,6-10,17H2,1-2H3,(H,19,23)(H2,18,20,22)/b5-4+/t13-/m1/s1. The maximum absolute atomic E-state index is 11.9. The number of nitrogens with zero attached hydrogens (tertiary/aromatic N) is 2. The first-order chi connectivity index (χ1) is 13.0. The molecule has 1 aromatic heterocycles. The summed E-state index contributed by atoms with van der Waals surface area (Å²) < 4.78 is 11.7. The van der Waals surface area contributed by atoms with Crippen molar-refractivity contribution in [2.24, 2.45) is 5.73 Å². The highest BCUT2D eigenvalue weighted by atomic mass is 33.1. The number of aromatic nitrogens is 2. The number of anilines is 1. The van der Waals surface area contributed by atoms with Gasteiger partial charge in [-0.2, -0.15) is 4.98 Å². The smallest absolute Gasteiger partial charge is 0.407 e. The molecule has 1 amide bonds. The number of ether oxygens (including phenoxy) is 2. The van der Waals surface area contributed by atoms with Crippen molar-refractivity contribution < 1.29 is 14.3 Å². The van der Waals surface area contributed by atoms with E-state index in [1.165, 1.54) is 11.7 Å². The van der Waals surface area contributed by atoms with Crippen molar-refractivity contribution in [1.82, 2.24) is 14.9 Å². The lowest BCUT2D eigenvalue weighted by molar-refractivity contribution is 0.0371. The zero-order chi connectivity index (χ0) is 20.1. The van der Waals surface area contributed by atoms with E-state index in [9.17, 15) is 9.59 Å². The molecule has 1 heterocycles. The zero-order valence-electron chi connectivity index (χ0n) is 15.6. The molecule has 0 aliphatic rings. The molecule has 0 aliphatic heterocycles. The molecular weight excluding hydrogens is 390 g/mol. The Labute approximate surface area is 166 Å². The average molecular weight is 418 g/mol. The largest absolute Gasteiger partial charge is 0.449 e. The van der Waals surface area contributed by atoms with Crippen LogP contribution in [0.25, 0.3) is 6.08 Å². The molecule has 1 atom stereocenters. The normalized spacial score (nSPS) is 12.3. The minimum atomic E-state index is -0.495. The van der Waals surface area contributed by atoms with Crippen LogP contribution in [0.1, 0.15) is 25.1 Å². The third-order valence-electron chi connectivity index (χ3n) is 3.29. The third kappa shape index (κ3) is 8.69. The molecule has 9 nitrogen and oxygen atoms in total. The molecular formula is C16H27N5O4S2. The second-order valence-electron chi connectivity index (χ2n) is 5.22. The van der Waals surface area contributed by atoms with Gasteiger partial charge in [0, 0.05) is 43.5 Å². The Hall–Kier alpha value is -1.69. The number of alkyl carbamates (subject to hydrolysis) is 1. The van der Waals surface area contributed by atoms with E-state index in [2.05, 4.69) is 10.3 Å². The highest BCUT2D eigenvalue weighted by Gasteiger charge is 2.11. The summed E-state index contributed by atoms with van der Waals surface area (Å²) >= 11 is 0. The zero-order valence-corrected chi connectivity index (χ0v) is 17.2. The van der Waals surface area contributed by atoms with E-state index in [1.54, 1.807) is 39.9 Å². The summed E-state index contributed by atoms with van der Waals surface area (Å²) in [5.74, 6) is 1.69. The number of methoxy groups -OCH3 is 1. The van der Waals surface area contributed by atoms with Crippen LogP contribution in [0.5, 0.6) is 0 Å². The quantitative estimate of drug-likeness (QED) is 0.341. The van der Waals surface area contributed by atoms with Crippen molar-refractivity contribution in [3.8, 4) is 0 Å². The van der Waals surface area contributed by atoms with Gasteiger partial charge in [-0.05, 0) is 6.42 Å². The van der Waals surface area contributed by atoms with Gasteiger partial charge in [-0.15, -0.1) is 0 Å². The van der Waals surface area contributed by atoms with Gasteiger partial charge < -0.3 is 26.3 Å². The Morgan fingerprint density at radius 3 is 2.85 bits per heavy atom. The Morgan fingerprint density at radius 1 is 1.44 bits per heavy atom. The predicted octanol–water partition coefficient (Wildman–Crippen LogP) is 1.46. The molecule has 0 fully saturated rings. The van der Waals surface area contributed by atoms with Crippen LogP contribution in [-0.4, -0.2) is 54.0 Å². The van der Waals surface area contributed by atoms with Gasteiger partial charge in [0.15, 0.2) is 0 Å². The van der Waals surface area contributed by atoms with Crippen LogP contribution >= 0.6 is 21.6 Å². The van der Waals surface area contributed by atoms with E-state index < -0.39 is 18.0 Å². The summed E-state index contributed by atoms with van der Waals surface area (Å²) in [6, 6.07) is 0. The minimum Gasteiger partial charge on any atom is -0.449 e. The number of carbonyl (C=O) groups is 1. The Kier molecular flexibility index (Phi) is 11.7. The van der Waals surface area contributed by atoms with Gasteiger partial charge in [0.25, 0.3) is 0 Å². The fraction of sp³-hybridized carbons (Fsp3) is 0.562. The van der Waals surface area contributed by atoms with Crippen molar-refractivity contribution in [2.75, 3.05) is 44.0 Å². The van der Waals surface area contributed by atoms with Crippen LogP contribution in [-0.2, 0) is 9.47 Å². The highest BCUT2D eigenvalue weighted by molar-refractivity contribution is 8.76. The Bertz CT molecular complexity index is 665. The molecule has 0 aromatic carbocycles. The summed E-state index contributed by atoms with van der Waals surface area (Å²) in [4.78, 5) is 27.3. The molecule has 152 valence electrons. The number of rotatable bonds is 12. The van der Waals surface area contributed by atoms with Gasteiger partial charge in [-0.25, -0.2) is 9.59 Å². The second kappa shape index (κ2) is 13.5. The topological polar surface area (TPSA) is 134 Å². The van der Waals surface area contributed by atoms with E-state index >= 15 is 0 Å². The molecule has 1 rings (SSSR count). The van der Waals surface area contributed by atoms with Crippen LogP contribution < -0.4 is 22.5 Å². The lowest BCUT2D eigenvalue weighted by atomic mass is 10.2. The lowest BCUT2D eigenvalue weighted by Gasteiger charge is -2.16. The summed E-state index contributed by atoms with van der Waals surface area (Å²) in [5.41, 5.74) is 11.3. The number of amides is 1. The molecule has 0 saturated carbocycles. The van der Waals surface area contributed by atoms with Crippen LogP contribution in [0.3, 0.4) is 0 Å². The van der Waals surface area contributed by atoms with Crippen LogP contribution in [0.15, 0.2) is 17.1 Å². The second-order valence-corrected chi connectivity index (χ2v) is 7.92. The summed E-state index contributed by atoms with van der Waals surface area (Å²) in [5, 5.41) is 2.61. The monoisotopic (exact) mass is 417 g/mol. The fourth-order valence-corrected chi connectivity index (χ4v) is 3.70. The first kappa shape index (κ1) is 23.3. The van der Waals surface area contributed by atoms with Gasteiger partial charge in [0.05, 0.1) is 0 Å². The van der Waals surface area contributed by atoms with E-state index in [-0.39, 0.29) is 12.4 Å². The van der Waals surface area contributed by atoms with Crippen molar-refractivity contribution in [3.05, 3.63) is 28.3 Å². The number of hydrogen-bond acceptors (Lipinski definition) is 9. The predicted molar refractivity (Wildman–Crippen MR) is 112 cm³/mol. The lowest BCUT2D eigenvalue weighted by Crippen LogP contribution is -2.28. The molecule has 5 N–H and O–H groups in total. The summed E-state index contributed by atoms with van der Waals surface area (Å²) in [7, 11) is 4.79. The number of carbonyl (C=O) groups excluding carboxylic acids is 1. The van der Waals surface area contributed by atoms with Gasteiger partial charge in [-0.1, -0.05) is 40.7 Å². The van der Waals surface area contributed by atoms with Crippen molar-refractivity contribution in [3.63, 3.8) is 0 Å². The molecule has 0 unspecified atom stereocenters. The van der Waals surface area contributed by atoms with Crippen LogP contribution in [0.4, 0.5) is 10.6 Å². The number of hydrogen-bond donors (Lipinski definition) is 3. The maximum atomic E-state index is 11.9. The maximum Gasteiger partial charge on any atom is 0.407 e. The molecule has 0 saturated heterocycles. The van der Waals surface area contributed by atoms with Crippen LogP contribution in [0.2, 0.25) is 0 Å². The molecule has 1 aromatic rings. The van der Waals surface area contributed by atoms with Gasteiger partial charge >= 0.3 is 11.8 Å². The number of nitrogens with two attached hydrogens (primary N) is 2. The molecule has 0 spiro atoms. The molecule has 0 aliphatic carbocycles. The number of nitrogen functional groups attached to an aromatic ring is 1. The van der Waals surface area contributed by atoms with Gasteiger partial charge in [0.1, 0.15) is 18.7 Å². The Balaban J connectivity index is 2.47. The van der Waals surface area contributed by atoms with E-state index in [0.29, 0.717) is 30.9 Å². The van der Waals surface area contributed by atoms with E-state index in [4.69, 9.17) is 20.9 Å². The molecule has 11 heteroatoms. The molecule has 0 bridgehead atoms. The van der Waals surface area contributed by atoms with Gasteiger partial charge in [0.2, 0.25) is 0 Å². The number of nitrogens with one attached hydrogen (secondary N) is 1. The third-order valence-corrected chi connectivity index (χ3v) is 5.69. The van der Waals surface area contributed by atoms with Crippen molar-refractivity contribution >= 4 is 39.6 Å². The van der Waals surface area contributed by atoms with E-state index in [1.807, 2.05) is 6.92 Å². The SMILES string of the molecule is CC[C@@H](OC)n1cc(/C=C/CNC(=O)OCCSSCCN)c(N)nc1=O. The highest BCUT2D eigenvalue weighted by Crippen LogP contribution is 2.19. The van der Waals surface area contributed by atoms with Crippen molar-refractivity contribution in [1.29, 1.82) is 0 Å². The van der Waals surface area contributed by atoms with Gasteiger partial charge in [-0.3, -0.25) is 4.57 Å². The first-order valence-electron chi connectivity index (χ1n) is 8.46. The average Bonchev–Trinajstić information content (AvgIpc) is 2.65. The Morgan fingerprint density at radius 2 is 2.19 bits per heavy atom. The molecule has 0 radical (unpaired) electrons. The summed E-state index contributed by atoms with van der Waals surface area (Å²) in [6.45, 7) is 3.12. The van der Waals surface area contributed by atoms with Crippen LogP contribution in [0, 0.1) is 0 Å². The van der Waals surface area contributed by atoms with Crippen molar-refractivity contribution in [2.45, 2.75) is 19.6 Å². The molecule has 27 heavy (non-hydrogen) atoms. The van der Waals surface area contributed by atoms with E-state index in [0.717, 1.165) is 5.75 Å².